The molecule has 0 radical (unpaired) electrons. The van der Waals surface area contributed by atoms with E-state index in [0.717, 1.165) is 83.0 Å². The van der Waals surface area contributed by atoms with Crippen LogP contribution < -0.4 is 9.80 Å². The summed E-state index contributed by atoms with van der Waals surface area (Å²) in [6, 6.07) is 61.1. The second-order valence-electron chi connectivity index (χ2n) is 14.7. The van der Waals surface area contributed by atoms with E-state index < -0.39 is 0 Å². The van der Waals surface area contributed by atoms with Gasteiger partial charge in [0.05, 0.1) is 40.8 Å². The molecular weight excluding hydrogens is 721 g/mol. The summed E-state index contributed by atoms with van der Waals surface area (Å²) in [5.41, 5.74) is 9.05. The molecule has 8 aromatic carbocycles. The topological polar surface area (TPSA) is 79.3 Å². The van der Waals surface area contributed by atoms with Crippen LogP contribution in [0.2, 0.25) is 0 Å². The van der Waals surface area contributed by atoms with Gasteiger partial charge >= 0.3 is 0 Å². The minimum Gasteiger partial charge on any atom is -0.321 e. The third kappa shape index (κ3) is 6.40. The van der Waals surface area contributed by atoms with Crippen molar-refractivity contribution in [2.45, 2.75) is 19.1 Å². The quantitative estimate of drug-likeness (QED) is 0.137. The molecule has 0 N–H and O–H groups in total. The molecule has 0 fully saturated rings. The molecule has 0 spiro atoms. The van der Waals surface area contributed by atoms with Crippen LogP contribution in [-0.2, 0) is 6.54 Å². The molecule has 59 heavy (non-hydrogen) atoms. The van der Waals surface area contributed by atoms with Gasteiger partial charge in [-0.2, -0.15) is 10.5 Å². The molecule has 0 saturated heterocycles. The summed E-state index contributed by atoms with van der Waals surface area (Å²) in [6.07, 6.45) is 8.24. The van der Waals surface area contributed by atoms with E-state index >= 15 is 0 Å². The summed E-state index contributed by atoms with van der Waals surface area (Å²) in [5.74, 6) is 0.789. The van der Waals surface area contributed by atoms with Crippen molar-refractivity contribution in [1.29, 1.82) is 10.5 Å². The molecule has 1 aliphatic heterocycles. The number of hydrogen-bond acceptors (Lipinski definition) is 6. The molecular formula is C53H36N6. The Morgan fingerprint density at radius 3 is 1.78 bits per heavy atom. The van der Waals surface area contributed by atoms with Crippen molar-refractivity contribution in [3.05, 3.63) is 199 Å². The number of benzene rings is 8. The van der Waals surface area contributed by atoms with E-state index in [-0.39, 0.29) is 6.17 Å². The highest BCUT2D eigenvalue weighted by atomic mass is 15.3. The van der Waals surface area contributed by atoms with Crippen molar-refractivity contribution < 1.29 is 0 Å². The van der Waals surface area contributed by atoms with Crippen LogP contribution in [-0.4, -0.2) is 17.4 Å². The summed E-state index contributed by atoms with van der Waals surface area (Å²) < 4.78 is 0. The highest BCUT2D eigenvalue weighted by Crippen LogP contribution is 2.46. The van der Waals surface area contributed by atoms with E-state index in [1.54, 1.807) is 0 Å². The summed E-state index contributed by atoms with van der Waals surface area (Å²) in [6.45, 7) is 0.446. The third-order valence-electron chi connectivity index (χ3n) is 11.4. The minimum absolute atomic E-state index is 0.244. The van der Waals surface area contributed by atoms with Crippen molar-refractivity contribution in [1.82, 2.24) is 4.98 Å². The zero-order chi connectivity index (χ0) is 39.7. The van der Waals surface area contributed by atoms with Gasteiger partial charge in [0.1, 0.15) is 18.1 Å². The van der Waals surface area contributed by atoms with Gasteiger partial charge in [-0.3, -0.25) is 4.99 Å². The maximum Gasteiger partial charge on any atom is 0.133 e. The molecule has 0 aliphatic carbocycles. The van der Waals surface area contributed by atoms with E-state index in [4.69, 9.17) is 9.98 Å². The third-order valence-corrected chi connectivity index (χ3v) is 11.4. The fourth-order valence-electron chi connectivity index (χ4n) is 8.56. The molecule has 0 saturated carbocycles. The lowest BCUT2D eigenvalue weighted by molar-refractivity contribution is 0.693. The van der Waals surface area contributed by atoms with E-state index in [1.165, 1.54) is 0 Å². The van der Waals surface area contributed by atoms with Crippen LogP contribution in [0.15, 0.2) is 187 Å². The molecule has 1 aromatic heterocycles. The highest BCUT2D eigenvalue weighted by Gasteiger charge is 2.27. The maximum absolute atomic E-state index is 10.6. The predicted molar refractivity (Wildman–Crippen MR) is 242 cm³/mol. The van der Waals surface area contributed by atoms with Crippen molar-refractivity contribution >= 4 is 61.4 Å². The number of aliphatic imine (C=N–C) groups is 1. The van der Waals surface area contributed by atoms with Crippen LogP contribution in [0, 0.1) is 22.7 Å². The van der Waals surface area contributed by atoms with Crippen LogP contribution in [0.5, 0.6) is 0 Å². The molecule has 6 nitrogen and oxygen atoms in total. The average molecular weight is 757 g/mol. The van der Waals surface area contributed by atoms with Gasteiger partial charge in [0.15, 0.2) is 0 Å². The number of pyridine rings is 1. The Morgan fingerprint density at radius 2 is 1.15 bits per heavy atom. The first-order valence-electron chi connectivity index (χ1n) is 19.7. The molecule has 1 aliphatic rings. The second kappa shape index (κ2) is 15.1. The summed E-state index contributed by atoms with van der Waals surface area (Å²) in [4.78, 5) is 14.3. The lowest BCUT2D eigenvalue weighted by atomic mass is 9.91. The SMILES string of the molecule is N#Cc1cc(-c2ccccc2)ccc1CN(c1ccccn1)c1ccc2ccc3c(N(c4ccc(-c5ccccc5)cc4C#N)C4CC=CC=N4)ccc4ccc1c2c43. The van der Waals surface area contributed by atoms with Crippen molar-refractivity contribution in [3.63, 3.8) is 0 Å². The predicted octanol–water partition coefficient (Wildman–Crippen LogP) is 12.9. The van der Waals surface area contributed by atoms with Gasteiger partial charge in [-0.15, -0.1) is 0 Å². The van der Waals surface area contributed by atoms with Crippen molar-refractivity contribution in [3.8, 4) is 34.4 Å². The molecule has 278 valence electrons. The Hall–Kier alpha value is -8.06. The van der Waals surface area contributed by atoms with Crippen molar-refractivity contribution in [2.75, 3.05) is 9.80 Å². The Balaban J connectivity index is 1.14. The van der Waals surface area contributed by atoms with Gasteiger partial charge in [0.25, 0.3) is 0 Å². The molecule has 0 amide bonds. The number of hydrogen-bond donors (Lipinski definition) is 0. The molecule has 1 atom stereocenters. The van der Waals surface area contributed by atoms with Crippen LogP contribution in [0.25, 0.3) is 54.6 Å². The average Bonchev–Trinajstić information content (AvgIpc) is 3.31. The van der Waals surface area contributed by atoms with E-state index in [9.17, 15) is 10.5 Å². The Morgan fingerprint density at radius 1 is 0.559 bits per heavy atom. The Kier molecular flexibility index (Phi) is 9.06. The number of nitrogens with zero attached hydrogens (tertiary/aromatic N) is 6. The summed E-state index contributed by atoms with van der Waals surface area (Å²) in [7, 11) is 0. The van der Waals surface area contributed by atoms with Gasteiger partial charge in [0.2, 0.25) is 0 Å². The normalized spacial score (nSPS) is 13.4. The Bertz CT molecular complexity index is 3140. The van der Waals surface area contributed by atoms with Crippen molar-refractivity contribution in [2.24, 2.45) is 4.99 Å². The maximum atomic E-state index is 10.6. The fraction of sp³-hybridized carbons (Fsp3) is 0.0566. The fourth-order valence-corrected chi connectivity index (χ4v) is 8.56. The first-order chi connectivity index (χ1) is 29.2. The van der Waals surface area contributed by atoms with Crippen LogP contribution in [0.1, 0.15) is 23.1 Å². The zero-order valence-corrected chi connectivity index (χ0v) is 32.1. The number of aromatic nitrogens is 1. The van der Waals surface area contributed by atoms with Gasteiger partial charge in [-0.05, 0) is 97.9 Å². The standard InChI is InChI=1S/C53H36N6/c54-33-43-31-40(36-11-3-1-4-12-36)17-18-42(43)35-58(50-15-7-9-29-56-50)48-27-21-38-20-25-46-49(28-22-39-19-24-45(48)52(38)53(39)46)59(51-16-8-10-30-57-51)47-26-23-41(32-44(47)34-55)37-13-5-2-6-14-37/h1-15,17-32,51H,16,35H2. The number of rotatable bonds is 9. The van der Waals surface area contributed by atoms with Gasteiger partial charge in [-0.25, -0.2) is 4.98 Å². The minimum atomic E-state index is -0.244. The van der Waals surface area contributed by atoms with E-state index in [1.807, 2.05) is 85.2 Å². The summed E-state index contributed by atoms with van der Waals surface area (Å²) >= 11 is 0. The number of anilines is 4. The van der Waals surface area contributed by atoms with Gasteiger partial charge < -0.3 is 9.80 Å². The smallest absolute Gasteiger partial charge is 0.133 e. The summed E-state index contributed by atoms with van der Waals surface area (Å²) in [5, 5.41) is 27.8. The molecule has 9 aromatic rings. The van der Waals surface area contributed by atoms with Gasteiger partial charge in [-0.1, -0.05) is 127 Å². The molecule has 0 bridgehead atoms. The van der Waals surface area contributed by atoms with Crippen LogP contribution >= 0.6 is 0 Å². The van der Waals surface area contributed by atoms with Crippen LogP contribution in [0.4, 0.5) is 22.9 Å². The largest absolute Gasteiger partial charge is 0.321 e. The van der Waals surface area contributed by atoms with E-state index in [0.29, 0.717) is 24.1 Å². The monoisotopic (exact) mass is 756 g/mol. The lowest BCUT2D eigenvalue weighted by Crippen LogP contribution is -2.31. The zero-order valence-electron chi connectivity index (χ0n) is 32.1. The first kappa shape index (κ1) is 35.4. The van der Waals surface area contributed by atoms with Gasteiger partial charge in [0, 0.05) is 29.6 Å². The molecule has 1 unspecified atom stereocenters. The van der Waals surface area contributed by atoms with E-state index in [2.05, 4.69) is 125 Å². The van der Waals surface area contributed by atoms with Crippen LogP contribution in [0.3, 0.4) is 0 Å². The number of nitriles is 2. The molecule has 10 rings (SSSR count). The number of dihydropyridines is 1. The number of allylic oxidation sites excluding steroid dienone is 1. The lowest BCUT2D eigenvalue weighted by Gasteiger charge is -2.34. The highest BCUT2D eigenvalue weighted by molar-refractivity contribution is 6.27. The second-order valence-corrected chi connectivity index (χ2v) is 14.7. The Labute approximate surface area is 342 Å². The molecule has 2 heterocycles. The molecule has 6 heteroatoms. The first-order valence-corrected chi connectivity index (χ1v) is 19.7.